The van der Waals surface area contributed by atoms with Crippen LogP contribution in [0.25, 0.3) is 0 Å². The molecule has 2 rings (SSSR count). The second-order valence-corrected chi connectivity index (χ2v) is 7.97. The number of hydrogen-bond donors (Lipinski definition) is 2. The van der Waals surface area contributed by atoms with E-state index in [-0.39, 0.29) is 10.3 Å². The van der Waals surface area contributed by atoms with Crippen LogP contribution in [0.4, 0.5) is 10.1 Å². The summed E-state index contributed by atoms with van der Waals surface area (Å²) in [6.07, 6.45) is 2.98. The molecule has 0 radical (unpaired) electrons. The van der Waals surface area contributed by atoms with Crippen LogP contribution in [0.3, 0.4) is 0 Å². The quantitative estimate of drug-likeness (QED) is 0.830. The summed E-state index contributed by atoms with van der Waals surface area (Å²) in [5.74, 6) is -0.551. The van der Waals surface area contributed by atoms with Crippen LogP contribution in [-0.2, 0) is 14.6 Å². The third-order valence-corrected chi connectivity index (χ3v) is 5.25. The van der Waals surface area contributed by atoms with Gasteiger partial charge in [-0.05, 0) is 44.1 Å². The minimum atomic E-state index is -3.39. The third kappa shape index (κ3) is 4.18. The van der Waals surface area contributed by atoms with Gasteiger partial charge in [-0.3, -0.25) is 0 Å². The summed E-state index contributed by atoms with van der Waals surface area (Å²) in [6, 6.07) is 3.96. The van der Waals surface area contributed by atoms with Gasteiger partial charge in [-0.25, -0.2) is 12.8 Å². The van der Waals surface area contributed by atoms with Gasteiger partial charge in [0, 0.05) is 25.3 Å². The molecule has 124 valence electrons. The van der Waals surface area contributed by atoms with Gasteiger partial charge in [0.1, 0.15) is 5.82 Å². The van der Waals surface area contributed by atoms with Crippen molar-refractivity contribution in [2.75, 3.05) is 44.9 Å². The zero-order valence-electron chi connectivity index (χ0n) is 13.0. The molecule has 0 atom stereocenters. The molecule has 2 N–H and O–H groups in total. The predicted molar refractivity (Wildman–Crippen MR) is 84.4 cm³/mol. The summed E-state index contributed by atoms with van der Waals surface area (Å²) in [4.78, 5) is -0.0102. The number of benzene rings is 1. The number of sulfone groups is 1. The van der Waals surface area contributed by atoms with Crippen LogP contribution in [0.2, 0.25) is 0 Å². The Balaban J connectivity index is 2.10. The lowest BCUT2D eigenvalue weighted by Gasteiger charge is -2.37. The SMILES string of the molecule is COCC1(CNc2ccc(S(C)(=O)=O)cc2F)CCNCC1. The van der Waals surface area contributed by atoms with Crippen LogP contribution in [0.15, 0.2) is 23.1 Å². The van der Waals surface area contributed by atoms with E-state index in [1.807, 2.05) is 0 Å². The molecule has 1 heterocycles. The average molecular weight is 330 g/mol. The molecule has 0 spiro atoms. The molecule has 0 aromatic heterocycles. The second-order valence-electron chi connectivity index (χ2n) is 5.95. The number of rotatable bonds is 6. The van der Waals surface area contributed by atoms with E-state index in [1.165, 1.54) is 12.1 Å². The molecule has 1 aliphatic heterocycles. The standard InChI is InChI=1S/C15H23FN2O3S/c1-21-11-15(5-7-17-8-6-15)10-18-14-4-3-12(9-13(14)16)22(2,19)20/h3-4,9,17-18H,5-8,10-11H2,1-2H3. The molecule has 1 aromatic carbocycles. The van der Waals surface area contributed by atoms with Gasteiger partial charge in [0.2, 0.25) is 0 Å². The molecular formula is C15H23FN2O3S. The van der Waals surface area contributed by atoms with Crippen molar-refractivity contribution in [2.45, 2.75) is 17.7 Å². The molecule has 1 saturated heterocycles. The number of piperidine rings is 1. The summed E-state index contributed by atoms with van der Waals surface area (Å²) in [7, 11) is -1.72. The van der Waals surface area contributed by atoms with Gasteiger partial charge >= 0.3 is 0 Å². The zero-order valence-corrected chi connectivity index (χ0v) is 13.8. The van der Waals surface area contributed by atoms with Crippen molar-refractivity contribution >= 4 is 15.5 Å². The Bertz CT molecular complexity index is 608. The molecule has 0 saturated carbocycles. The molecule has 1 aliphatic rings. The van der Waals surface area contributed by atoms with Crippen LogP contribution in [-0.4, -0.2) is 48.0 Å². The normalized spacial score (nSPS) is 18.1. The zero-order chi connectivity index (χ0) is 16.2. The van der Waals surface area contributed by atoms with Crippen molar-refractivity contribution < 1.29 is 17.5 Å². The van der Waals surface area contributed by atoms with E-state index in [0.29, 0.717) is 18.8 Å². The van der Waals surface area contributed by atoms with Gasteiger partial charge in [-0.1, -0.05) is 0 Å². The average Bonchev–Trinajstić information content (AvgIpc) is 2.46. The van der Waals surface area contributed by atoms with Gasteiger partial charge in [0.05, 0.1) is 17.2 Å². The minimum absolute atomic E-state index is 0.0102. The van der Waals surface area contributed by atoms with Crippen LogP contribution >= 0.6 is 0 Å². The van der Waals surface area contributed by atoms with Crippen LogP contribution in [0, 0.1) is 11.2 Å². The molecule has 0 amide bonds. The van der Waals surface area contributed by atoms with Gasteiger partial charge in [0.15, 0.2) is 9.84 Å². The van der Waals surface area contributed by atoms with Gasteiger partial charge in [-0.2, -0.15) is 0 Å². The fourth-order valence-corrected chi connectivity index (χ4v) is 3.42. The molecule has 0 bridgehead atoms. The monoisotopic (exact) mass is 330 g/mol. The number of hydrogen-bond acceptors (Lipinski definition) is 5. The predicted octanol–water partition coefficient (Wildman–Crippen LogP) is 1.66. The maximum atomic E-state index is 14.1. The number of nitrogens with one attached hydrogen (secondary N) is 2. The smallest absolute Gasteiger partial charge is 0.175 e. The summed E-state index contributed by atoms with van der Waals surface area (Å²) >= 11 is 0. The lowest BCUT2D eigenvalue weighted by Crippen LogP contribution is -2.44. The highest BCUT2D eigenvalue weighted by Crippen LogP contribution is 2.30. The van der Waals surface area contributed by atoms with E-state index in [4.69, 9.17) is 4.74 Å². The molecule has 1 aromatic rings. The highest BCUT2D eigenvalue weighted by atomic mass is 32.2. The molecule has 1 fully saturated rings. The van der Waals surface area contributed by atoms with Crippen molar-refractivity contribution in [3.63, 3.8) is 0 Å². The Labute approximate surface area is 131 Å². The Morgan fingerprint density at radius 1 is 1.36 bits per heavy atom. The maximum absolute atomic E-state index is 14.1. The topological polar surface area (TPSA) is 67.4 Å². The molecular weight excluding hydrogens is 307 g/mol. The fourth-order valence-electron chi connectivity index (χ4n) is 2.79. The number of methoxy groups -OCH3 is 1. The Morgan fingerprint density at radius 2 is 2.05 bits per heavy atom. The van der Waals surface area contributed by atoms with Crippen LogP contribution in [0.1, 0.15) is 12.8 Å². The van der Waals surface area contributed by atoms with E-state index in [2.05, 4.69) is 10.6 Å². The van der Waals surface area contributed by atoms with Crippen molar-refractivity contribution in [3.8, 4) is 0 Å². The second kappa shape index (κ2) is 6.93. The van der Waals surface area contributed by atoms with E-state index >= 15 is 0 Å². The van der Waals surface area contributed by atoms with Gasteiger partial charge < -0.3 is 15.4 Å². The van der Waals surface area contributed by atoms with E-state index in [0.717, 1.165) is 38.3 Å². The lowest BCUT2D eigenvalue weighted by molar-refractivity contribution is 0.0635. The molecule has 5 nitrogen and oxygen atoms in total. The molecule has 7 heteroatoms. The van der Waals surface area contributed by atoms with Crippen LogP contribution < -0.4 is 10.6 Å². The first kappa shape index (κ1) is 17.2. The summed E-state index contributed by atoms with van der Waals surface area (Å²) in [5.41, 5.74) is 0.295. The van der Waals surface area contributed by atoms with Crippen LogP contribution in [0.5, 0.6) is 0 Å². The Hall–Kier alpha value is -1.18. The number of ether oxygens (including phenoxy) is 1. The van der Waals surface area contributed by atoms with Gasteiger partial charge in [0.25, 0.3) is 0 Å². The third-order valence-electron chi connectivity index (χ3n) is 4.14. The van der Waals surface area contributed by atoms with Crippen molar-refractivity contribution in [3.05, 3.63) is 24.0 Å². The van der Waals surface area contributed by atoms with Crippen molar-refractivity contribution in [2.24, 2.45) is 5.41 Å². The Morgan fingerprint density at radius 3 is 2.59 bits per heavy atom. The van der Waals surface area contributed by atoms with Crippen molar-refractivity contribution in [1.29, 1.82) is 0 Å². The molecule has 0 unspecified atom stereocenters. The summed E-state index contributed by atoms with van der Waals surface area (Å²) in [6.45, 7) is 3.05. The fraction of sp³-hybridized carbons (Fsp3) is 0.600. The minimum Gasteiger partial charge on any atom is -0.384 e. The summed E-state index contributed by atoms with van der Waals surface area (Å²) < 4.78 is 42.3. The largest absolute Gasteiger partial charge is 0.384 e. The summed E-state index contributed by atoms with van der Waals surface area (Å²) in [5, 5.41) is 6.42. The van der Waals surface area contributed by atoms with Gasteiger partial charge in [-0.15, -0.1) is 0 Å². The van der Waals surface area contributed by atoms with Crippen molar-refractivity contribution in [1.82, 2.24) is 5.32 Å². The first-order chi connectivity index (χ1) is 10.4. The number of anilines is 1. The first-order valence-electron chi connectivity index (χ1n) is 7.29. The highest BCUT2D eigenvalue weighted by molar-refractivity contribution is 7.90. The molecule has 0 aliphatic carbocycles. The maximum Gasteiger partial charge on any atom is 0.175 e. The van der Waals surface area contributed by atoms with E-state index < -0.39 is 15.7 Å². The lowest BCUT2D eigenvalue weighted by atomic mass is 9.79. The highest BCUT2D eigenvalue weighted by Gasteiger charge is 2.32. The molecule has 22 heavy (non-hydrogen) atoms. The number of halogens is 1. The Kier molecular flexibility index (Phi) is 5.41. The first-order valence-corrected chi connectivity index (χ1v) is 9.19. The van der Waals surface area contributed by atoms with E-state index in [1.54, 1.807) is 7.11 Å². The van der Waals surface area contributed by atoms with E-state index in [9.17, 15) is 12.8 Å².